The lowest BCUT2D eigenvalue weighted by Crippen LogP contribution is -2.49. The lowest BCUT2D eigenvalue weighted by molar-refractivity contribution is -0.128. The number of aromatic nitrogens is 3. The number of pyridine rings is 1. The van der Waals surface area contributed by atoms with Crippen LogP contribution in [0.4, 0.5) is 5.82 Å². The van der Waals surface area contributed by atoms with Gasteiger partial charge in [-0.1, -0.05) is 0 Å². The summed E-state index contributed by atoms with van der Waals surface area (Å²) in [6.07, 6.45) is 5.11. The Hall–Kier alpha value is -2.15. The first-order valence-electron chi connectivity index (χ1n) is 7.99. The van der Waals surface area contributed by atoms with Gasteiger partial charge in [-0.05, 0) is 26.0 Å². The minimum absolute atomic E-state index is 0.187. The average Bonchev–Trinajstić information content (AvgIpc) is 2.63. The Labute approximate surface area is 146 Å². The maximum Gasteiger partial charge on any atom is 0.233 e. The summed E-state index contributed by atoms with van der Waals surface area (Å²) in [4.78, 5) is 30.3. The smallest absolute Gasteiger partial charge is 0.233 e. The van der Waals surface area contributed by atoms with Crippen LogP contribution < -0.4 is 4.90 Å². The third kappa shape index (κ3) is 3.84. The number of carbonyl (C=O) groups excluding carboxylic acids is 1. The molecule has 24 heavy (non-hydrogen) atoms. The quantitative estimate of drug-likeness (QED) is 0.791. The third-order valence-corrected chi connectivity index (χ3v) is 5.25. The van der Waals surface area contributed by atoms with E-state index in [9.17, 15) is 4.79 Å². The van der Waals surface area contributed by atoms with Crippen molar-refractivity contribution >= 4 is 23.5 Å². The molecule has 0 aliphatic carbocycles. The van der Waals surface area contributed by atoms with Crippen molar-refractivity contribution in [3.63, 3.8) is 0 Å². The van der Waals surface area contributed by atoms with Gasteiger partial charge in [-0.25, -0.2) is 9.97 Å². The zero-order valence-electron chi connectivity index (χ0n) is 14.0. The maximum atomic E-state index is 12.4. The number of amides is 1. The Kier molecular flexibility index (Phi) is 5.30. The van der Waals surface area contributed by atoms with E-state index in [0.29, 0.717) is 5.75 Å². The molecule has 1 amide bonds. The van der Waals surface area contributed by atoms with Crippen molar-refractivity contribution in [2.45, 2.75) is 18.7 Å². The van der Waals surface area contributed by atoms with Gasteiger partial charge in [-0.3, -0.25) is 9.78 Å². The second-order valence-corrected chi connectivity index (χ2v) is 6.80. The Morgan fingerprint density at radius 2 is 1.83 bits per heavy atom. The number of anilines is 1. The van der Waals surface area contributed by atoms with Crippen LogP contribution in [-0.2, 0) is 4.79 Å². The number of aryl methyl sites for hydroxylation is 1. The molecule has 0 spiro atoms. The van der Waals surface area contributed by atoms with Crippen LogP contribution in [0.1, 0.15) is 11.3 Å². The standard InChI is InChI=1S/C17H21N5OS/c1-13-14(2)19-12-20-17(13)22-9-7-21(8-10-22)16(23)11-24-15-3-5-18-6-4-15/h3-6,12H,7-11H2,1-2H3. The SMILES string of the molecule is Cc1ncnc(N2CCN(C(=O)CSc3ccncc3)CC2)c1C. The number of hydrogen-bond donors (Lipinski definition) is 0. The molecule has 0 saturated carbocycles. The normalized spacial score (nSPS) is 14.8. The highest BCUT2D eigenvalue weighted by Crippen LogP contribution is 2.21. The van der Waals surface area contributed by atoms with Crippen LogP contribution in [0.25, 0.3) is 0 Å². The van der Waals surface area contributed by atoms with Crippen molar-refractivity contribution in [2.75, 3.05) is 36.8 Å². The number of rotatable bonds is 4. The molecule has 1 fully saturated rings. The maximum absolute atomic E-state index is 12.4. The fourth-order valence-electron chi connectivity index (χ4n) is 2.68. The monoisotopic (exact) mass is 343 g/mol. The molecule has 1 saturated heterocycles. The molecule has 0 atom stereocenters. The molecule has 7 heteroatoms. The fourth-order valence-corrected chi connectivity index (χ4v) is 3.47. The van der Waals surface area contributed by atoms with Gasteiger partial charge in [0.25, 0.3) is 0 Å². The van der Waals surface area contributed by atoms with Crippen molar-refractivity contribution < 1.29 is 4.79 Å². The van der Waals surface area contributed by atoms with Gasteiger partial charge in [-0.15, -0.1) is 11.8 Å². The van der Waals surface area contributed by atoms with E-state index in [1.165, 1.54) is 0 Å². The summed E-state index contributed by atoms with van der Waals surface area (Å²) in [5.74, 6) is 1.64. The average molecular weight is 343 g/mol. The van der Waals surface area contributed by atoms with Crippen LogP contribution in [0.3, 0.4) is 0 Å². The van der Waals surface area contributed by atoms with Gasteiger partial charge in [0, 0.05) is 54.7 Å². The van der Waals surface area contributed by atoms with Crippen molar-refractivity contribution in [1.29, 1.82) is 0 Å². The van der Waals surface area contributed by atoms with Gasteiger partial charge >= 0.3 is 0 Å². The van der Waals surface area contributed by atoms with Crippen LogP contribution in [0, 0.1) is 13.8 Å². The van der Waals surface area contributed by atoms with Crippen LogP contribution in [0.5, 0.6) is 0 Å². The zero-order valence-corrected chi connectivity index (χ0v) is 14.8. The molecule has 0 radical (unpaired) electrons. The first-order valence-corrected chi connectivity index (χ1v) is 8.97. The van der Waals surface area contributed by atoms with Crippen molar-refractivity contribution in [3.8, 4) is 0 Å². The minimum Gasteiger partial charge on any atom is -0.353 e. The van der Waals surface area contributed by atoms with Gasteiger partial charge in [0.05, 0.1) is 5.75 Å². The Bertz CT molecular complexity index is 701. The van der Waals surface area contributed by atoms with E-state index in [-0.39, 0.29) is 5.91 Å². The Morgan fingerprint density at radius 1 is 1.12 bits per heavy atom. The van der Waals surface area contributed by atoms with Crippen LogP contribution >= 0.6 is 11.8 Å². The molecule has 6 nitrogen and oxygen atoms in total. The van der Waals surface area contributed by atoms with Crippen LogP contribution in [-0.4, -0.2) is 57.7 Å². The molecule has 2 aromatic heterocycles. The van der Waals surface area contributed by atoms with E-state index in [1.807, 2.05) is 30.9 Å². The summed E-state index contributed by atoms with van der Waals surface area (Å²) >= 11 is 1.56. The molecular weight excluding hydrogens is 322 g/mol. The number of hydrogen-bond acceptors (Lipinski definition) is 6. The molecule has 0 bridgehead atoms. The van der Waals surface area contributed by atoms with E-state index in [2.05, 4.69) is 19.9 Å². The minimum atomic E-state index is 0.187. The lowest BCUT2D eigenvalue weighted by atomic mass is 10.2. The van der Waals surface area contributed by atoms with Crippen LogP contribution in [0.2, 0.25) is 0 Å². The van der Waals surface area contributed by atoms with Gasteiger partial charge in [-0.2, -0.15) is 0 Å². The molecule has 1 aliphatic heterocycles. The second kappa shape index (κ2) is 7.61. The van der Waals surface area contributed by atoms with Gasteiger partial charge < -0.3 is 9.80 Å². The summed E-state index contributed by atoms with van der Waals surface area (Å²) in [6, 6.07) is 3.85. The highest BCUT2D eigenvalue weighted by Gasteiger charge is 2.23. The number of piperazine rings is 1. The zero-order chi connectivity index (χ0) is 16.9. The highest BCUT2D eigenvalue weighted by atomic mass is 32.2. The summed E-state index contributed by atoms with van der Waals surface area (Å²) < 4.78 is 0. The lowest BCUT2D eigenvalue weighted by Gasteiger charge is -2.36. The molecule has 3 heterocycles. The second-order valence-electron chi connectivity index (χ2n) is 5.75. The Balaban J connectivity index is 1.53. The predicted molar refractivity (Wildman–Crippen MR) is 95.3 cm³/mol. The van der Waals surface area contributed by atoms with E-state index < -0.39 is 0 Å². The molecule has 3 rings (SSSR count). The molecule has 0 unspecified atom stereocenters. The summed E-state index contributed by atoms with van der Waals surface area (Å²) in [5, 5.41) is 0. The summed E-state index contributed by atoms with van der Waals surface area (Å²) in [5.41, 5.74) is 2.12. The van der Waals surface area contributed by atoms with E-state index >= 15 is 0 Å². The van der Waals surface area contributed by atoms with Crippen molar-refractivity contribution in [3.05, 3.63) is 42.1 Å². The first kappa shape index (κ1) is 16.7. The molecule has 0 N–H and O–H groups in total. The summed E-state index contributed by atoms with van der Waals surface area (Å²) in [6.45, 7) is 7.13. The molecular formula is C17H21N5OS. The third-order valence-electron chi connectivity index (χ3n) is 4.25. The molecule has 1 aliphatic rings. The van der Waals surface area contributed by atoms with Gasteiger partial charge in [0.2, 0.25) is 5.91 Å². The van der Waals surface area contributed by atoms with E-state index in [0.717, 1.165) is 48.1 Å². The fraction of sp³-hybridized carbons (Fsp3) is 0.412. The predicted octanol–water partition coefficient (Wildman–Crippen LogP) is 1.93. The largest absolute Gasteiger partial charge is 0.353 e. The molecule has 126 valence electrons. The van der Waals surface area contributed by atoms with E-state index in [1.54, 1.807) is 30.5 Å². The number of carbonyl (C=O) groups is 1. The topological polar surface area (TPSA) is 62.2 Å². The van der Waals surface area contributed by atoms with Crippen molar-refractivity contribution in [2.24, 2.45) is 0 Å². The Morgan fingerprint density at radius 3 is 2.54 bits per heavy atom. The summed E-state index contributed by atoms with van der Waals surface area (Å²) in [7, 11) is 0. The van der Waals surface area contributed by atoms with E-state index in [4.69, 9.17) is 0 Å². The molecule has 0 aromatic carbocycles. The first-order chi connectivity index (χ1) is 11.6. The number of nitrogens with zero attached hydrogens (tertiary/aromatic N) is 5. The van der Waals surface area contributed by atoms with Crippen molar-refractivity contribution in [1.82, 2.24) is 19.9 Å². The highest BCUT2D eigenvalue weighted by molar-refractivity contribution is 8.00. The van der Waals surface area contributed by atoms with Crippen LogP contribution in [0.15, 0.2) is 35.7 Å². The van der Waals surface area contributed by atoms with Gasteiger partial charge in [0.1, 0.15) is 12.1 Å². The van der Waals surface area contributed by atoms with Gasteiger partial charge in [0.15, 0.2) is 0 Å². The molecule has 2 aromatic rings. The number of thioether (sulfide) groups is 1.